The first-order valence-corrected chi connectivity index (χ1v) is 12.8. The van der Waals surface area contributed by atoms with E-state index in [9.17, 15) is 19.3 Å². The van der Waals surface area contributed by atoms with Crippen LogP contribution in [0.1, 0.15) is 27.7 Å². The number of hydrogen-bond donors (Lipinski definition) is 3. The summed E-state index contributed by atoms with van der Waals surface area (Å²) in [5, 5.41) is 15.6. The molecule has 36 heavy (non-hydrogen) atoms. The first-order chi connectivity index (χ1) is 16.8. The van der Waals surface area contributed by atoms with E-state index in [1.54, 1.807) is 32.0 Å². The molecule has 1 fully saturated rings. The second-order valence-corrected chi connectivity index (χ2v) is 10.5. The average molecular weight is 527 g/mol. The van der Waals surface area contributed by atoms with Gasteiger partial charge >= 0.3 is 13.7 Å². The molecule has 2 heterocycles. The van der Waals surface area contributed by atoms with Crippen molar-refractivity contribution in [2.75, 3.05) is 6.61 Å². The van der Waals surface area contributed by atoms with Crippen LogP contribution in [-0.2, 0) is 28.2 Å². The Morgan fingerprint density at radius 1 is 1.36 bits per heavy atom. The fourth-order valence-corrected chi connectivity index (χ4v) is 5.06. The lowest BCUT2D eigenvalue weighted by molar-refractivity contribution is -0.149. The zero-order valence-corrected chi connectivity index (χ0v) is 21.3. The predicted molar refractivity (Wildman–Crippen MR) is 127 cm³/mol. The summed E-state index contributed by atoms with van der Waals surface area (Å²) in [4.78, 5) is 25.0. The van der Waals surface area contributed by atoms with Gasteiger partial charge in [0.05, 0.1) is 12.7 Å². The van der Waals surface area contributed by atoms with Gasteiger partial charge in [0, 0.05) is 12.3 Å². The topological polar surface area (TPSA) is 136 Å². The molecule has 0 aliphatic carbocycles. The molecule has 6 atom stereocenters. The fraction of sp³-hybridized carbons (Fsp3) is 0.478. The number of esters is 1. The number of para-hydroxylation sites is 1. The number of carbonyl (C=O) groups is 2. The highest BCUT2D eigenvalue weighted by molar-refractivity contribution is 7.52. The van der Waals surface area contributed by atoms with E-state index in [1.165, 1.54) is 30.2 Å². The SMILES string of the molecule is C=C1NC(=O)C=CN1[C@@H]1OC(COP(=O)(N[C@H](C)C(=O)OC(C)C)Oc2ccccc2)[C@@H](O)[C@@]1(C)F. The number of carbonyl (C=O) groups excluding carboxylic acids is 2. The standard InChI is InChI=1S/C23H31FN3O8P/c1-14(2)33-21(30)15(3)26-36(31,35-17-9-7-6-8-10-17)32-13-18-20(29)23(5,24)22(34-18)27-12-11-19(28)25-16(27)4/h6-12,14-15,18,20,22,29H,4,13H2,1-3,5H3,(H,25,28)(H,26,31)/t15-,18?,20-,22-,23-,36?/m1/s1. The smallest absolute Gasteiger partial charge is 0.459 e. The molecule has 1 aromatic carbocycles. The molecule has 3 rings (SSSR count). The number of aliphatic hydroxyl groups excluding tert-OH is 1. The molecule has 11 nitrogen and oxygen atoms in total. The molecule has 0 saturated carbocycles. The van der Waals surface area contributed by atoms with Crippen LogP contribution >= 0.6 is 7.75 Å². The van der Waals surface area contributed by atoms with Gasteiger partial charge in [0.1, 0.15) is 29.8 Å². The molecule has 1 saturated heterocycles. The van der Waals surface area contributed by atoms with Crippen molar-refractivity contribution in [1.82, 2.24) is 15.3 Å². The van der Waals surface area contributed by atoms with E-state index in [4.69, 9.17) is 18.5 Å². The lowest BCUT2D eigenvalue weighted by atomic mass is 9.98. The summed E-state index contributed by atoms with van der Waals surface area (Å²) in [5.41, 5.74) is -2.32. The van der Waals surface area contributed by atoms with E-state index in [-0.39, 0.29) is 11.6 Å². The lowest BCUT2D eigenvalue weighted by Gasteiger charge is -2.35. The van der Waals surface area contributed by atoms with Crippen molar-refractivity contribution in [1.29, 1.82) is 0 Å². The fourth-order valence-electron chi connectivity index (χ4n) is 3.56. The Labute approximate surface area is 208 Å². The van der Waals surface area contributed by atoms with Crippen LogP contribution in [0, 0.1) is 0 Å². The van der Waals surface area contributed by atoms with Gasteiger partial charge in [-0.3, -0.25) is 14.1 Å². The number of rotatable bonds is 10. The number of amides is 1. The highest BCUT2D eigenvalue weighted by Crippen LogP contribution is 2.46. The monoisotopic (exact) mass is 527 g/mol. The number of nitrogens with zero attached hydrogens (tertiary/aromatic N) is 1. The third-order valence-electron chi connectivity index (χ3n) is 5.37. The van der Waals surface area contributed by atoms with E-state index in [1.807, 2.05) is 0 Å². The van der Waals surface area contributed by atoms with Gasteiger partial charge in [0.25, 0.3) is 5.91 Å². The van der Waals surface area contributed by atoms with Gasteiger partial charge in [0.2, 0.25) is 0 Å². The first-order valence-electron chi connectivity index (χ1n) is 11.3. The summed E-state index contributed by atoms with van der Waals surface area (Å²) < 4.78 is 51.0. The molecule has 2 aliphatic rings. The molecular formula is C23H31FN3O8P. The van der Waals surface area contributed by atoms with Crippen molar-refractivity contribution in [2.45, 2.75) is 63.9 Å². The third kappa shape index (κ3) is 6.51. The van der Waals surface area contributed by atoms with Gasteiger partial charge in [-0.05, 0) is 39.8 Å². The molecule has 1 aromatic rings. The summed E-state index contributed by atoms with van der Waals surface area (Å²) in [6.07, 6.45) is -2.30. The van der Waals surface area contributed by atoms with Crippen LogP contribution in [-0.4, -0.2) is 64.7 Å². The lowest BCUT2D eigenvalue weighted by Crippen LogP contribution is -2.51. The van der Waals surface area contributed by atoms with Crippen LogP contribution in [0.4, 0.5) is 4.39 Å². The zero-order chi connectivity index (χ0) is 26.7. The van der Waals surface area contributed by atoms with Crippen LogP contribution in [0.5, 0.6) is 5.75 Å². The largest absolute Gasteiger partial charge is 0.462 e. The Bertz CT molecular complexity index is 1050. The van der Waals surface area contributed by atoms with Crippen molar-refractivity contribution >= 4 is 19.6 Å². The van der Waals surface area contributed by atoms with Crippen molar-refractivity contribution in [3.63, 3.8) is 0 Å². The van der Waals surface area contributed by atoms with Crippen LogP contribution in [0.2, 0.25) is 0 Å². The number of benzene rings is 1. The van der Waals surface area contributed by atoms with Crippen LogP contribution in [0.15, 0.2) is 55.0 Å². The van der Waals surface area contributed by atoms with Gasteiger partial charge < -0.3 is 29.3 Å². The molecule has 0 bridgehead atoms. The van der Waals surface area contributed by atoms with Crippen LogP contribution in [0.25, 0.3) is 0 Å². The minimum atomic E-state index is -4.25. The molecule has 13 heteroatoms. The van der Waals surface area contributed by atoms with E-state index in [0.29, 0.717) is 0 Å². The van der Waals surface area contributed by atoms with Gasteiger partial charge in [-0.1, -0.05) is 24.8 Å². The number of alkyl halides is 1. The summed E-state index contributed by atoms with van der Waals surface area (Å²) in [6.45, 7) is 9.00. The molecule has 0 aromatic heterocycles. The van der Waals surface area contributed by atoms with E-state index >= 15 is 4.39 Å². The maximum Gasteiger partial charge on any atom is 0.459 e. The number of halogens is 1. The number of aliphatic hydroxyl groups is 1. The first kappa shape index (κ1) is 27.8. The number of hydrogen-bond acceptors (Lipinski definition) is 9. The van der Waals surface area contributed by atoms with Gasteiger partial charge in [-0.15, -0.1) is 0 Å². The minimum absolute atomic E-state index is 0.0578. The van der Waals surface area contributed by atoms with Crippen LogP contribution in [0.3, 0.4) is 0 Å². The van der Waals surface area contributed by atoms with E-state index < -0.39 is 62.5 Å². The van der Waals surface area contributed by atoms with E-state index in [0.717, 1.165) is 13.0 Å². The van der Waals surface area contributed by atoms with Crippen LogP contribution < -0.4 is 14.9 Å². The van der Waals surface area contributed by atoms with Crippen molar-refractivity contribution < 1.29 is 42.2 Å². The maximum absolute atomic E-state index is 15.5. The van der Waals surface area contributed by atoms with Crippen molar-refractivity contribution in [3.8, 4) is 5.75 Å². The zero-order valence-electron chi connectivity index (χ0n) is 20.4. The Hall–Kier alpha value is -2.76. The number of ether oxygens (including phenoxy) is 2. The Balaban J connectivity index is 1.76. The summed E-state index contributed by atoms with van der Waals surface area (Å²) >= 11 is 0. The van der Waals surface area contributed by atoms with Gasteiger partial charge in [-0.2, -0.15) is 5.09 Å². The third-order valence-corrected chi connectivity index (χ3v) is 7.01. The quantitative estimate of drug-likeness (QED) is 0.307. The Morgan fingerprint density at radius 3 is 2.64 bits per heavy atom. The molecule has 0 spiro atoms. The van der Waals surface area contributed by atoms with Crippen molar-refractivity contribution in [2.24, 2.45) is 0 Å². The van der Waals surface area contributed by atoms with Gasteiger partial charge in [0.15, 0.2) is 11.9 Å². The highest BCUT2D eigenvalue weighted by Gasteiger charge is 2.57. The average Bonchev–Trinajstić information content (AvgIpc) is 3.01. The predicted octanol–water partition coefficient (Wildman–Crippen LogP) is 2.35. The van der Waals surface area contributed by atoms with Gasteiger partial charge in [-0.25, -0.2) is 8.96 Å². The molecule has 1 amide bonds. The second kappa shape index (κ2) is 11.1. The molecule has 3 N–H and O–H groups in total. The summed E-state index contributed by atoms with van der Waals surface area (Å²) in [7, 11) is -4.25. The molecular weight excluding hydrogens is 496 g/mol. The minimum Gasteiger partial charge on any atom is -0.462 e. The van der Waals surface area contributed by atoms with E-state index in [2.05, 4.69) is 17.0 Å². The Kier molecular flexibility index (Phi) is 8.58. The van der Waals surface area contributed by atoms with Crippen molar-refractivity contribution in [3.05, 3.63) is 55.0 Å². The maximum atomic E-state index is 15.5. The second-order valence-electron chi connectivity index (χ2n) is 8.82. The molecule has 2 unspecified atom stereocenters. The molecule has 198 valence electrons. The Morgan fingerprint density at radius 2 is 2.03 bits per heavy atom. The summed E-state index contributed by atoms with van der Waals surface area (Å²) in [5.74, 6) is -0.881. The highest BCUT2D eigenvalue weighted by atomic mass is 31.2. The number of nitrogens with one attached hydrogen (secondary N) is 2. The molecule has 2 aliphatic heterocycles. The normalized spacial score (nSPS) is 28.5. The molecule has 0 radical (unpaired) electrons. The summed E-state index contributed by atoms with van der Waals surface area (Å²) in [6, 6.07) is 7.01.